The lowest BCUT2D eigenvalue weighted by Crippen LogP contribution is -2.46. The Hall–Kier alpha value is -2.77. The van der Waals surface area contributed by atoms with Gasteiger partial charge in [0.15, 0.2) is 0 Å². The molecule has 0 radical (unpaired) electrons. The molecule has 0 saturated heterocycles. The second-order valence-electron chi connectivity index (χ2n) is 5.56. The third-order valence-corrected chi connectivity index (χ3v) is 3.35. The Morgan fingerprint density at radius 3 is 1.30 bits per heavy atom. The maximum atomic E-state index is 10.9. The van der Waals surface area contributed by atoms with Gasteiger partial charge in [0, 0.05) is 26.2 Å². The third-order valence-electron chi connectivity index (χ3n) is 3.35. The van der Waals surface area contributed by atoms with Crippen LogP contribution in [0.5, 0.6) is 0 Å². The lowest BCUT2D eigenvalue weighted by Gasteiger charge is -2.22. The van der Waals surface area contributed by atoms with E-state index in [1.165, 1.54) is 4.90 Å². The van der Waals surface area contributed by atoms with E-state index in [1.807, 2.05) is 0 Å². The van der Waals surface area contributed by atoms with Crippen molar-refractivity contribution >= 4 is 29.8 Å². The molecule has 0 aromatic rings. The topological polar surface area (TPSA) is 214 Å². The molecule has 7 N–H and O–H groups in total. The summed E-state index contributed by atoms with van der Waals surface area (Å²) in [4.78, 5) is 55.3. The van der Waals surface area contributed by atoms with Crippen LogP contribution in [-0.4, -0.2) is 105 Å². The van der Waals surface area contributed by atoms with Gasteiger partial charge >= 0.3 is 29.8 Å². The molecule has 0 heterocycles. The van der Waals surface area contributed by atoms with Gasteiger partial charge in [0.1, 0.15) is 12.1 Å². The van der Waals surface area contributed by atoms with Crippen LogP contribution in [0.3, 0.4) is 0 Å². The zero-order valence-corrected chi connectivity index (χ0v) is 14.3. The summed E-state index contributed by atoms with van der Waals surface area (Å²) in [7, 11) is 0. The molecule has 0 aliphatic heterocycles. The van der Waals surface area contributed by atoms with E-state index < -0.39 is 61.3 Å². The zero-order chi connectivity index (χ0) is 21.0. The fourth-order valence-corrected chi connectivity index (χ4v) is 2.10. The molecule has 0 rings (SSSR count). The van der Waals surface area contributed by atoms with Gasteiger partial charge in [0.2, 0.25) is 0 Å². The summed E-state index contributed by atoms with van der Waals surface area (Å²) in [6.07, 6.45) is -1.30. The van der Waals surface area contributed by atoms with Gasteiger partial charge in [-0.3, -0.25) is 28.9 Å². The Morgan fingerprint density at radius 1 is 0.667 bits per heavy atom. The minimum absolute atomic E-state index is 0.0188. The maximum absolute atomic E-state index is 10.9. The number of carbonyl (C=O) groups is 5. The first-order valence-corrected chi connectivity index (χ1v) is 7.83. The summed E-state index contributed by atoms with van der Waals surface area (Å²) in [5.74, 6) is -6.50. The Bertz CT molecular complexity index is 513. The highest BCUT2D eigenvalue weighted by atomic mass is 16.4. The third kappa shape index (κ3) is 12.3. The van der Waals surface area contributed by atoms with E-state index in [2.05, 4.69) is 10.6 Å². The molecule has 13 heteroatoms. The van der Waals surface area contributed by atoms with Crippen LogP contribution < -0.4 is 10.6 Å². The molecule has 0 bridgehead atoms. The monoisotopic (exact) mass is 393 g/mol. The van der Waals surface area contributed by atoms with E-state index in [0.717, 1.165) is 0 Å². The van der Waals surface area contributed by atoms with Gasteiger partial charge in [-0.25, -0.2) is 0 Å². The molecular weight excluding hydrogens is 370 g/mol. The van der Waals surface area contributed by atoms with Gasteiger partial charge < -0.3 is 36.2 Å². The normalized spacial score (nSPS) is 13.1. The standard InChI is InChI=1S/C14H23N3O10/c18-10(19)5-8(13(24)25)15-1-3-17(7-12(22)23)4-2-16-9(14(26)27)6-11(20)21/h8-9,15-16H,1-7H2,(H,18,19)(H,20,21)(H,22,23)(H,24,25)(H,26,27). The van der Waals surface area contributed by atoms with Gasteiger partial charge in [-0.2, -0.15) is 0 Å². The van der Waals surface area contributed by atoms with Gasteiger partial charge in [-0.1, -0.05) is 0 Å². The molecule has 2 atom stereocenters. The average Bonchev–Trinajstić information content (AvgIpc) is 2.51. The van der Waals surface area contributed by atoms with Crippen molar-refractivity contribution in [3.63, 3.8) is 0 Å². The van der Waals surface area contributed by atoms with Crippen LogP contribution in [0.4, 0.5) is 0 Å². The SMILES string of the molecule is O=C(O)CC(NCCN(CCNC(CC(=O)O)C(=O)O)CC(=O)O)C(=O)O. The Kier molecular flexibility index (Phi) is 11.3. The molecule has 0 aliphatic carbocycles. The van der Waals surface area contributed by atoms with Crippen molar-refractivity contribution in [1.29, 1.82) is 0 Å². The number of nitrogens with one attached hydrogen (secondary N) is 2. The molecule has 0 saturated carbocycles. The average molecular weight is 393 g/mol. The van der Waals surface area contributed by atoms with E-state index in [9.17, 15) is 24.0 Å². The van der Waals surface area contributed by atoms with Crippen LogP contribution in [0.25, 0.3) is 0 Å². The zero-order valence-electron chi connectivity index (χ0n) is 14.3. The molecule has 0 spiro atoms. The number of nitrogens with zero attached hydrogens (tertiary/aromatic N) is 1. The number of hydrogen-bond donors (Lipinski definition) is 7. The number of aliphatic carboxylic acids is 5. The molecule has 0 aromatic heterocycles. The highest BCUT2D eigenvalue weighted by Gasteiger charge is 2.22. The van der Waals surface area contributed by atoms with Crippen molar-refractivity contribution in [2.45, 2.75) is 24.9 Å². The Morgan fingerprint density at radius 2 is 1.04 bits per heavy atom. The molecule has 2 unspecified atom stereocenters. The first-order valence-electron chi connectivity index (χ1n) is 7.83. The van der Waals surface area contributed by atoms with Crippen molar-refractivity contribution in [2.24, 2.45) is 0 Å². The highest BCUT2D eigenvalue weighted by Crippen LogP contribution is 1.96. The van der Waals surface area contributed by atoms with Crippen LogP contribution in [0.15, 0.2) is 0 Å². The largest absolute Gasteiger partial charge is 0.481 e. The van der Waals surface area contributed by atoms with Crippen molar-refractivity contribution in [3.8, 4) is 0 Å². The lowest BCUT2D eigenvalue weighted by atomic mass is 10.2. The molecule has 0 amide bonds. The molecule has 154 valence electrons. The van der Waals surface area contributed by atoms with Crippen LogP contribution in [-0.2, 0) is 24.0 Å². The second-order valence-corrected chi connectivity index (χ2v) is 5.56. The molecule has 27 heavy (non-hydrogen) atoms. The van der Waals surface area contributed by atoms with Gasteiger partial charge in [-0.15, -0.1) is 0 Å². The summed E-state index contributed by atoms with van der Waals surface area (Å²) in [5, 5.41) is 49.0. The summed E-state index contributed by atoms with van der Waals surface area (Å²) in [6, 6.07) is -2.67. The second kappa shape index (κ2) is 12.6. The van der Waals surface area contributed by atoms with E-state index >= 15 is 0 Å². The molecule has 0 aromatic carbocycles. The minimum atomic E-state index is -1.36. The Labute approximate surface area is 153 Å². The van der Waals surface area contributed by atoms with Crippen LogP contribution >= 0.6 is 0 Å². The number of rotatable bonds is 16. The fraction of sp³-hybridized carbons (Fsp3) is 0.643. The molecular formula is C14H23N3O10. The van der Waals surface area contributed by atoms with Gasteiger partial charge in [0.25, 0.3) is 0 Å². The van der Waals surface area contributed by atoms with Gasteiger partial charge in [-0.05, 0) is 0 Å². The van der Waals surface area contributed by atoms with E-state index in [4.69, 9.17) is 25.5 Å². The van der Waals surface area contributed by atoms with Crippen LogP contribution in [0.2, 0.25) is 0 Å². The van der Waals surface area contributed by atoms with Crippen LogP contribution in [0, 0.1) is 0 Å². The summed E-state index contributed by atoms with van der Waals surface area (Å²) < 4.78 is 0. The lowest BCUT2D eigenvalue weighted by molar-refractivity contribution is -0.146. The Balaban J connectivity index is 4.55. The highest BCUT2D eigenvalue weighted by molar-refractivity contribution is 5.81. The van der Waals surface area contributed by atoms with Crippen LogP contribution in [0.1, 0.15) is 12.8 Å². The van der Waals surface area contributed by atoms with Gasteiger partial charge in [0.05, 0.1) is 19.4 Å². The molecule has 0 aliphatic rings. The maximum Gasteiger partial charge on any atom is 0.321 e. The minimum Gasteiger partial charge on any atom is -0.481 e. The molecule has 0 fully saturated rings. The number of carboxylic acid groups (broad SMARTS) is 5. The quantitative estimate of drug-likeness (QED) is 0.143. The van der Waals surface area contributed by atoms with Crippen molar-refractivity contribution in [2.75, 3.05) is 32.7 Å². The molecule has 13 nitrogen and oxygen atoms in total. The predicted octanol–water partition coefficient (Wildman–Crippen LogP) is -2.59. The summed E-state index contributed by atoms with van der Waals surface area (Å²) in [5.41, 5.74) is 0. The predicted molar refractivity (Wildman–Crippen MR) is 87.4 cm³/mol. The first kappa shape index (κ1) is 24.2. The summed E-state index contributed by atoms with van der Waals surface area (Å²) in [6.45, 7) is -0.358. The number of carboxylic acids is 5. The van der Waals surface area contributed by atoms with E-state index in [-0.39, 0.29) is 26.2 Å². The van der Waals surface area contributed by atoms with Crippen molar-refractivity contribution in [3.05, 3.63) is 0 Å². The fourth-order valence-electron chi connectivity index (χ4n) is 2.10. The summed E-state index contributed by atoms with van der Waals surface area (Å²) >= 11 is 0. The first-order chi connectivity index (χ1) is 12.5. The smallest absolute Gasteiger partial charge is 0.321 e. The van der Waals surface area contributed by atoms with Crippen molar-refractivity contribution < 1.29 is 49.5 Å². The van der Waals surface area contributed by atoms with Crippen molar-refractivity contribution in [1.82, 2.24) is 15.5 Å². The number of hydrogen-bond acceptors (Lipinski definition) is 8. The van der Waals surface area contributed by atoms with E-state index in [0.29, 0.717) is 0 Å². The van der Waals surface area contributed by atoms with E-state index in [1.54, 1.807) is 0 Å².